The molecule has 1 saturated heterocycles. The first-order valence-electron chi connectivity index (χ1n) is 5.61. The summed E-state index contributed by atoms with van der Waals surface area (Å²) in [6, 6.07) is 0. The average molecular weight is 258 g/mol. The van der Waals surface area contributed by atoms with Gasteiger partial charge in [-0.3, -0.25) is 4.79 Å². The number of carbonyl (C=O) groups excluding carboxylic acids is 2. The van der Waals surface area contributed by atoms with Gasteiger partial charge >= 0.3 is 11.9 Å². The van der Waals surface area contributed by atoms with E-state index in [4.69, 9.17) is 9.47 Å². The van der Waals surface area contributed by atoms with Gasteiger partial charge in [-0.15, -0.1) is 0 Å². The van der Waals surface area contributed by atoms with Crippen LogP contribution in [0.1, 0.15) is 53.9 Å². The molecule has 0 amide bonds. The van der Waals surface area contributed by atoms with E-state index in [0.717, 1.165) is 19.3 Å². The van der Waals surface area contributed by atoms with Crippen molar-refractivity contribution >= 4 is 11.9 Å². The molecular weight excluding hydrogens is 232 g/mol. The first-order chi connectivity index (χ1) is 7.59. The minimum atomic E-state index is -0.365. The third-order valence-electron chi connectivity index (χ3n) is 2.48. The number of hydrogen-bond donors (Lipinski definition) is 0. The molecule has 0 radical (unpaired) electrons. The summed E-state index contributed by atoms with van der Waals surface area (Å²) in [5, 5.41) is 0. The molecule has 0 spiro atoms. The van der Waals surface area contributed by atoms with Crippen LogP contribution in [0.4, 0.5) is 0 Å². The van der Waals surface area contributed by atoms with Crippen LogP contribution in [-0.2, 0) is 19.1 Å². The largest absolute Gasteiger partial charge is 0.466 e. The van der Waals surface area contributed by atoms with Gasteiger partial charge < -0.3 is 9.47 Å². The van der Waals surface area contributed by atoms with E-state index in [1.54, 1.807) is 6.92 Å². The second-order valence-corrected chi connectivity index (χ2v) is 4.06. The van der Waals surface area contributed by atoms with Gasteiger partial charge in [0.2, 0.25) is 0 Å². The number of cyclic esters (lactones) is 1. The van der Waals surface area contributed by atoms with Gasteiger partial charge in [-0.1, -0.05) is 21.4 Å². The number of ether oxygens (including phenoxy) is 2. The Morgan fingerprint density at radius 2 is 2.00 bits per heavy atom. The van der Waals surface area contributed by atoms with Crippen LogP contribution in [0.15, 0.2) is 12.2 Å². The zero-order valence-electron chi connectivity index (χ0n) is 9.66. The van der Waals surface area contributed by atoms with Gasteiger partial charge in [0.15, 0.2) is 0 Å². The average Bonchev–Trinajstić information content (AvgIpc) is 2.31. The third-order valence-corrected chi connectivity index (χ3v) is 2.48. The topological polar surface area (TPSA) is 52.6 Å². The smallest absolute Gasteiger partial charge is 0.333 e. The monoisotopic (exact) mass is 258 g/mol. The van der Waals surface area contributed by atoms with E-state index in [0.29, 0.717) is 25.0 Å². The molecule has 1 fully saturated rings. The zero-order valence-corrected chi connectivity index (χ0v) is 9.66. The fraction of sp³-hybridized carbons (Fsp3) is 0.714. The molecule has 0 aromatic heterocycles. The van der Waals surface area contributed by atoms with E-state index in [1.165, 1.54) is 0 Å². The van der Waals surface area contributed by atoms with Crippen LogP contribution < -0.4 is 0 Å². The van der Waals surface area contributed by atoms with Crippen molar-refractivity contribution in [3.63, 3.8) is 0 Å². The number of hydrogen-bond acceptors (Lipinski definition) is 4. The van der Waals surface area contributed by atoms with Crippen molar-refractivity contribution in [3.8, 4) is 0 Å². The van der Waals surface area contributed by atoms with Crippen LogP contribution in [0.2, 0.25) is 0 Å². The van der Waals surface area contributed by atoms with E-state index in [-0.39, 0.29) is 32.9 Å². The lowest BCUT2D eigenvalue weighted by Crippen LogP contribution is -2.20. The SMILES string of the molecule is C.C.C=C(C)C(=O)OC1CCCCC(=O)OCC1. The van der Waals surface area contributed by atoms with Crippen LogP contribution in [-0.4, -0.2) is 24.6 Å². The molecule has 0 aromatic carbocycles. The van der Waals surface area contributed by atoms with Crippen molar-refractivity contribution in [2.45, 2.75) is 60.0 Å². The summed E-state index contributed by atoms with van der Waals surface area (Å²) in [4.78, 5) is 22.4. The van der Waals surface area contributed by atoms with Crippen LogP contribution in [0, 0.1) is 0 Å². The fourth-order valence-corrected chi connectivity index (χ4v) is 1.53. The lowest BCUT2D eigenvalue weighted by Gasteiger charge is -2.16. The Bertz CT molecular complexity index is 284. The van der Waals surface area contributed by atoms with E-state index >= 15 is 0 Å². The van der Waals surface area contributed by atoms with Crippen molar-refractivity contribution in [1.29, 1.82) is 0 Å². The Morgan fingerprint density at radius 1 is 1.33 bits per heavy atom. The van der Waals surface area contributed by atoms with Crippen molar-refractivity contribution in [2.75, 3.05) is 6.61 Å². The van der Waals surface area contributed by atoms with Crippen molar-refractivity contribution in [1.82, 2.24) is 0 Å². The first kappa shape index (κ1) is 19.0. The predicted octanol–water partition coefficient (Wildman–Crippen LogP) is 3.25. The molecule has 1 heterocycles. The third kappa shape index (κ3) is 7.09. The molecule has 0 N–H and O–H groups in total. The fourth-order valence-electron chi connectivity index (χ4n) is 1.53. The highest BCUT2D eigenvalue weighted by molar-refractivity contribution is 5.87. The van der Waals surface area contributed by atoms with E-state index in [1.807, 2.05) is 0 Å². The Labute approximate surface area is 110 Å². The maximum atomic E-state index is 11.3. The zero-order chi connectivity index (χ0) is 12.0. The second-order valence-electron chi connectivity index (χ2n) is 4.06. The number of carbonyl (C=O) groups is 2. The Balaban J connectivity index is 0. The Hall–Kier alpha value is -1.32. The predicted molar refractivity (Wildman–Crippen MR) is 72.2 cm³/mol. The summed E-state index contributed by atoms with van der Waals surface area (Å²) in [5.74, 6) is -0.526. The van der Waals surface area contributed by atoms with E-state index in [2.05, 4.69) is 6.58 Å². The van der Waals surface area contributed by atoms with Crippen molar-refractivity contribution in [2.24, 2.45) is 0 Å². The summed E-state index contributed by atoms with van der Waals surface area (Å²) in [6.07, 6.45) is 3.33. The summed E-state index contributed by atoms with van der Waals surface area (Å²) in [5.41, 5.74) is 0.400. The Kier molecular flexibility index (Phi) is 10.2. The number of rotatable bonds is 2. The molecule has 0 aliphatic carbocycles. The standard InChI is InChI=1S/C12H18O4.2CH4/c1-9(2)12(14)16-10-5-3-4-6-11(13)15-8-7-10;;/h10H,1,3-8H2,2H3;2*1H4. The van der Waals surface area contributed by atoms with E-state index in [9.17, 15) is 9.59 Å². The first-order valence-corrected chi connectivity index (χ1v) is 5.61. The molecule has 0 aromatic rings. The normalized spacial score (nSPS) is 19.8. The molecule has 1 aliphatic heterocycles. The molecule has 106 valence electrons. The molecular formula is C14H26O4. The number of esters is 2. The van der Waals surface area contributed by atoms with Crippen LogP contribution >= 0.6 is 0 Å². The summed E-state index contributed by atoms with van der Waals surface area (Å²) in [6.45, 7) is 5.48. The minimum Gasteiger partial charge on any atom is -0.466 e. The van der Waals surface area contributed by atoms with Crippen molar-refractivity contribution in [3.05, 3.63) is 12.2 Å². The van der Waals surface area contributed by atoms with Gasteiger partial charge in [-0.2, -0.15) is 0 Å². The van der Waals surface area contributed by atoms with Crippen LogP contribution in [0.5, 0.6) is 0 Å². The maximum absolute atomic E-state index is 11.3. The summed E-state index contributed by atoms with van der Waals surface area (Å²) in [7, 11) is 0. The lowest BCUT2D eigenvalue weighted by atomic mass is 10.1. The highest BCUT2D eigenvalue weighted by Crippen LogP contribution is 2.15. The van der Waals surface area contributed by atoms with E-state index < -0.39 is 0 Å². The highest BCUT2D eigenvalue weighted by Gasteiger charge is 2.17. The van der Waals surface area contributed by atoms with Crippen molar-refractivity contribution < 1.29 is 19.1 Å². The molecule has 4 nitrogen and oxygen atoms in total. The lowest BCUT2D eigenvalue weighted by molar-refractivity contribution is -0.147. The molecule has 4 heteroatoms. The highest BCUT2D eigenvalue weighted by atomic mass is 16.6. The molecule has 0 saturated carbocycles. The van der Waals surface area contributed by atoms with Gasteiger partial charge in [0.1, 0.15) is 6.10 Å². The van der Waals surface area contributed by atoms with Gasteiger partial charge in [-0.05, 0) is 26.2 Å². The van der Waals surface area contributed by atoms with Gasteiger partial charge in [-0.25, -0.2) is 4.79 Å². The molecule has 1 aliphatic rings. The van der Waals surface area contributed by atoms with Crippen LogP contribution in [0.3, 0.4) is 0 Å². The second kappa shape index (κ2) is 9.68. The molecule has 1 atom stereocenters. The van der Waals surface area contributed by atoms with Gasteiger partial charge in [0.25, 0.3) is 0 Å². The minimum absolute atomic E-state index is 0. The molecule has 1 unspecified atom stereocenters. The molecule has 18 heavy (non-hydrogen) atoms. The Morgan fingerprint density at radius 3 is 2.61 bits per heavy atom. The van der Waals surface area contributed by atoms with Gasteiger partial charge in [0.05, 0.1) is 6.61 Å². The summed E-state index contributed by atoms with van der Waals surface area (Å²) >= 11 is 0. The maximum Gasteiger partial charge on any atom is 0.333 e. The van der Waals surface area contributed by atoms with Gasteiger partial charge in [0, 0.05) is 18.4 Å². The molecule has 0 bridgehead atoms. The van der Waals surface area contributed by atoms with Crippen LogP contribution in [0.25, 0.3) is 0 Å². The summed E-state index contributed by atoms with van der Waals surface area (Å²) < 4.78 is 10.2. The molecule has 1 rings (SSSR count). The quantitative estimate of drug-likeness (QED) is 0.563.